The average Bonchev–Trinajstić information content (AvgIpc) is 2.12. The Hall–Kier alpha value is -1.58. The van der Waals surface area contributed by atoms with Gasteiger partial charge in [-0.2, -0.15) is 0 Å². The molecule has 1 aliphatic rings. The molecule has 1 fully saturated rings. The van der Waals surface area contributed by atoms with Crippen molar-refractivity contribution in [2.75, 3.05) is 5.32 Å². The maximum absolute atomic E-state index is 12.8. The summed E-state index contributed by atoms with van der Waals surface area (Å²) in [7, 11) is 0. The van der Waals surface area contributed by atoms with Crippen LogP contribution in [0.2, 0.25) is 0 Å². The van der Waals surface area contributed by atoms with Gasteiger partial charge in [0.15, 0.2) is 0 Å². The van der Waals surface area contributed by atoms with Gasteiger partial charge in [0.05, 0.1) is 5.56 Å². The van der Waals surface area contributed by atoms with E-state index in [-0.39, 0.29) is 5.56 Å². The first kappa shape index (κ1) is 9.96. The molecule has 0 spiro atoms. The standard InChI is InChI=1S/C11H12FNO2/c12-7-4-5-10(9(6-7)11(14)15)13-8-2-1-3-8/h4-6,8,13H,1-3H2,(H,14,15). The van der Waals surface area contributed by atoms with Crippen molar-refractivity contribution < 1.29 is 14.3 Å². The van der Waals surface area contributed by atoms with E-state index in [1.54, 1.807) is 0 Å². The number of halogens is 1. The first-order chi connectivity index (χ1) is 7.16. The molecule has 3 nitrogen and oxygen atoms in total. The predicted molar refractivity (Wildman–Crippen MR) is 54.6 cm³/mol. The number of hydrogen-bond acceptors (Lipinski definition) is 2. The Labute approximate surface area is 86.9 Å². The van der Waals surface area contributed by atoms with Crippen LogP contribution in [0.15, 0.2) is 18.2 Å². The van der Waals surface area contributed by atoms with Crippen molar-refractivity contribution >= 4 is 11.7 Å². The fourth-order valence-corrected chi connectivity index (χ4v) is 1.59. The zero-order valence-corrected chi connectivity index (χ0v) is 8.16. The van der Waals surface area contributed by atoms with Crippen LogP contribution in [0.25, 0.3) is 0 Å². The molecule has 0 radical (unpaired) electrons. The SMILES string of the molecule is O=C(O)c1cc(F)ccc1NC1CCC1. The summed E-state index contributed by atoms with van der Waals surface area (Å²) in [6.07, 6.45) is 3.27. The number of aromatic carboxylic acids is 1. The summed E-state index contributed by atoms with van der Waals surface area (Å²) in [6.45, 7) is 0. The van der Waals surface area contributed by atoms with Crippen molar-refractivity contribution in [3.05, 3.63) is 29.6 Å². The van der Waals surface area contributed by atoms with Crippen LogP contribution in [0.5, 0.6) is 0 Å². The number of anilines is 1. The molecular weight excluding hydrogens is 197 g/mol. The van der Waals surface area contributed by atoms with Gasteiger partial charge in [0.2, 0.25) is 0 Å². The predicted octanol–water partition coefficient (Wildman–Crippen LogP) is 2.49. The molecule has 0 aromatic heterocycles. The highest BCUT2D eigenvalue weighted by molar-refractivity contribution is 5.94. The van der Waals surface area contributed by atoms with Gasteiger partial charge in [-0.05, 0) is 37.5 Å². The van der Waals surface area contributed by atoms with E-state index in [4.69, 9.17) is 5.11 Å². The molecule has 2 rings (SSSR count). The Morgan fingerprint density at radius 2 is 2.20 bits per heavy atom. The lowest BCUT2D eigenvalue weighted by Crippen LogP contribution is -2.27. The summed E-state index contributed by atoms with van der Waals surface area (Å²) in [5.41, 5.74) is 0.510. The van der Waals surface area contributed by atoms with Crippen molar-refractivity contribution in [2.45, 2.75) is 25.3 Å². The van der Waals surface area contributed by atoms with Crippen LogP contribution in [-0.4, -0.2) is 17.1 Å². The molecular formula is C11H12FNO2. The number of carboxylic acids is 1. The normalized spacial score (nSPS) is 15.8. The Balaban J connectivity index is 2.23. The van der Waals surface area contributed by atoms with Gasteiger partial charge in [-0.1, -0.05) is 0 Å². The minimum atomic E-state index is -1.10. The minimum Gasteiger partial charge on any atom is -0.478 e. The zero-order valence-electron chi connectivity index (χ0n) is 8.16. The lowest BCUT2D eigenvalue weighted by Gasteiger charge is -2.28. The maximum atomic E-state index is 12.8. The highest BCUT2D eigenvalue weighted by Gasteiger charge is 2.19. The average molecular weight is 209 g/mol. The highest BCUT2D eigenvalue weighted by atomic mass is 19.1. The molecule has 1 aromatic rings. The van der Waals surface area contributed by atoms with Crippen molar-refractivity contribution in [3.8, 4) is 0 Å². The van der Waals surface area contributed by atoms with E-state index in [0.29, 0.717) is 11.7 Å². The van der Waals surface area contributed by atoms with Crippen LogP contribution in [0.3, 0.4) is 0 Å². The molecule has 0 heterocycles. The Morgan fingerprint density at radius 3 is 2.73 bits per heavy atom. The molecule has 1 saturated carbocycles. The van der Waals surface area contributed by atoms with Crippen molar-refractivity contribution in [3.63, 3.8) is 0 Å². The summed E-state index contributed by atoms with van der Waals surface area (Å²) in [5.74, 6) is -1.62. The minimum absolute atomic E-state index is 0.00176. The van der Waals surface area contributed by atoms with Gasteiger partial charge >= 0.3 is 5.97 Å². The lowest BCUT2D eigenvalue weighted by molar-refractivity contribution is 0.0697. The quantitative estimate of drug-likeness (QED) is 0.804. The topological polar surface area (TPSA) is 49.3 Å². The highest BCUT2D eigenvalue weighted by Crippen LogP contribution is 2.25. The molecule has 0 atom stereocenters. The fourth-order valence-electron chi connectivity index (χ4n) is 1.59. The van der Waals surface area contributed by atoms with Crippen LogP contribution in [0.1, 0.15) is 29.6 Å². The number of hydrogen-bond donors (Lipinski definition) is 2. The Morgan fingerprint density at radius 1 is 1.47 bits per heavy atom. The van der Waals surface area contributed by atoms with E-state index < -0.39 is 11.8 Å². The Bertz CT molecular complexity index is 388. The summed E-state index contributed by atoms with van der Waals surface area (Å²) in [4.78, 5) is 10.9. The van der Waals surface area contributed by atoms with Crippen LogP contribution < -0.4 is 5.32 Å². The number of carbonyl (C=O) groups is 1. The van der Waals surface area contributed by atoms with Crippen LogP contribution in [0, 0.1) is 5.82 Å². The van der Waals surface area contributed by atoms with Gasteiger partial charge < -0.3 is 10.4 Å². The van der Waals surface area contributed by atoms with Gasteiger partial charge in [-0.15, -0.1) is 0 Å². The molecule has 2 N–H and O–H groups in total. The lowest BCUT2D eigenvalue weighted by atomic mass is 9.92. The zero-order chi connectivity index (χ0) is 10.8. The van der Waals surface area contributed by atoms with Gasteiger partial charge in [-0.3, -0.25) is 0 Å². The summed E-state index contributed by atoms with van der Waals surface area (Å²) < 4.78 is 12.8. The number of carboxylic acid groups (broad SMARTS) is 1. The third kappa shape index (κ3) is 2.09. The molecule has 0 bridgehead atoms. The van der Waals surface area contributed by atoms with Crippen molar-refractivity contribution in [1.82, 2.24) is 0 Å². The maximum Gasteiger partial charge on any atom is 0.337 e. The van der Waals surface area contributed by atoms with Gasteiger partial charge in [0.1, 0.15) is 5.82 Å². The van der Waals surface area contributed by atoms with Gasteiger partial charge in [0, 0.05) is 11.7 Å². The summed E-state index contributed by atoms with van der Waals surface area (Å²) >= 11 is 0. The third-order valence-corrected chi connectivity index (χ3v) is 2.68. The van der Waals surface area contributed by atoms with E-state index in [2.05, 4.69) is 5.32 Å². The first-order valence-electron chi connectivity index (χ1n) is 4.96. The van der Waals surface area contributed by atoms with Gasteiger partial charge in [-0.25, -0.2) is 9.18 Å². The smallest absolute Gasteiger partial charge is 0.337 e. The second-order valence-electron chi connectivity index (χ2n) is 3.77. The third-order valence-electron chi connectivity index (χ3n) is 2.68. The molecule has 80 valence electrons. The molecule has 4 heteroatoms. The van der Waals surface area contributed by atoms with Crippen molar-refractivity contribution in [2.24, 2.45) is 0 Å². The van der Waals surface area contributed by atoms with E-state index in [1.807, 2.05) is 0 Å². The second-order valence-corrected chi connectivity index (χ2v) is 3.77. The van der Waals surface area contributed by atoms with E-state index in [0.717, 1.165) is 18.9 Å². The molecule has 0 saturated heterocycles. The number of nitrogens with one attached hydrogen (secondary N) is 1. The molecule has 1 aliphatic carbocycles. The first-order valence-corrected chi connectivity index (χ1v) is 4.96. The van der Waals surface area contributed by atoms with Crippen LogP contribution in [0.4, 0.5) is 10.1 Å². The second kappa shape index (κ2) is 3.88. The van der Waals surface area contributed by atoms with Crippen LogP contribution >= 0.6 is 0 Å². The van der Waals surface area contributed by atoms with E-state index in [1.165, 1.54) is 18.6 Å². The summed E-state index contributed by atoms with van der Waals surface area (Å²) in [6, 6.07) is 4.14. The molecule has 0 amide bonds. The molecule has 15 heavy (non-hydrogen) atoms. The van der Waals surface area contributed by atoms with Gasteiger partial charge in [0.25, 0.3) is 0 Å². The van der Waals surface area contributed by atoms with Crippen LogP contribution in [-0.2, 0) is 0 Å². The number of rotatable bonds is 3. The van der Waals surface area contributed by atoms with E-state index >= 15 is 0 Å². The molecule has 0 unspecified atom stereocenters. The fraction of sp³-hybridized carbons (Fsp3) is 0.364. The molecule has 1 aromatic carbocycles. The largest absolute Gasteiger partial charge is 0.478 e. The van der Waals surface area contributed by atoms with E-state index in [9.17, 15) is 9.18 Å². The monoisotopic (exact) mass is 209 g/mol. The summed E-state index contributed by atoms with van der Waals surface area (Å²) in [5, 5.41) is 12.0. The molecule has 0 aliphatic heterocycles. The number of benzene rings is 1. The Kier molecular flexibility index (Phi) is 2.58. The van der Waals surface area contributed by atoms with Crippen molar-refractivity contribution in [1.29, 1.82) is 0 Å².